The molecule has 0 amide bonds. The summed E-state index contributed by atoms with van der Waals surface area (Å²) in [6, 6.07) is 0. The van der Waals surface area contributed by atoms with Gasteiger partial charge in [0.2, 0.25) is 0 Å². The van der Waals surface area contributed by atoms with Gasteiger partial charge in [0.05, 0.1) is 0 Å². The Labute approximate surface area is 140 Å². The molecular formula is H9NaO16S4. The predicted octanol–water partition coefficient (Wildman–Crippen LogP) is -3.26. The summed E-state index contributed by atoms with van der Waals surface area (Å²) in [5, 5.41) is 0. The molecule has 0 bridgehead atoms. The van der Waals surface area contributed by atoms with Crippen LogP contribution >= 0.6 is 0 Å². The monoisotopic (exact) mass is 416 g/mol. The zero-order chi connectivity index (χ0) is 18.0. The molecule has 0 aliphatic rings. The molecule has 0 saturated heterocycles. The van der Waals surface area contributed by atoms with E-state index in [4.69, 9.17) is 70.1 Å². The van der Waals surface area contributed by atoms with E-state index in [-0.39, 0.29) is 29.6 Å². The molecule has 0 radical (unpaired) electrons. The zero-order valence-corrected chi connectivity index (χ0v) is 11.7. The average molecular weight is 416 g/mol. The van der Waals surface area contributed by atoms with Gasteiger partial charge in [-0.2, -0.15) is 33.7 Å². The minimum atomic E-state index is -4.67. The normalized spacial score (nSPS) is 11.0. The fourth-order valence-electron chi connectivity index (χ4n) is 0. The van der Waals surface area contributed by atoms with Crippen LogP contribution in [-0.2, 0) is 41.6 Å². The van der Waals surface area contributed by atoms with Crippen molar-refractivity contribution in [2.45, 2.75) is 0 Å². The summed E-state index contributed by atoms with van der Waals surface area (Å²) in [5.74, 6) is 0. The molecule has 0 spiro atoms. The van der Waals surface area contributed by atoms with Crippen LogP contribution in [0.2, 0.25) is 0 Å². The molecule has 21 heteroatoms. The first-order valence-electron chi connectivity index (χ1n) is 2.79. The fourth-order valence-corrected chi connectivity index (χ4v) is 0. The zero-order valence-electron chi connectivity index (χ0n) is 8.48. The fraction of sp³-hybridized carbons (Fsp3) is 0. The van der Waals surface area contributed by atoms with Gasteiger partial charge in [0.1, 0.15) is 0 Å². The van der Waals surface area contributed by atoms with Crippen LogP contribution in [0, 0.1) is 0 Å². The Morgan fingerprint density at radius 1 is 0.333 bits per heavy atom. The SMILES string of the molecule is O=S(=O)(O)O.O=S(=O)(O)O.O=S(=O)(O)O.O=S(=O)(O)O.[NaH]. The molecule has 0 atom stereocenters. The summed E-state index contributed by atoms with van der Waals surface area (Å²) in [5.41, 5.74) is 0. The van der Waals surface area contributed by atoms with Crippen LogP contribution in [0.1, 0.15) is 0 Å². The number of hydrogen-bond donors (Lipinski definition) is 8. The standard InChI is InChI=1S/Na.4H2O4S.H/c;4*1-5(2,3)4;/h;4*(H2,1,2,3,4);. The third-order valence-corrected chi connectivity index (χ3v) is 0. The first-order chi connectivity index (χ1) is 8.00. The van der Waals surface area contributed by atoms with E-state index in [0.29, 0.717) is 0 Å². The van der Waals surface area contributed by atoms with Crippen LogP contribution in [0.15, 0.2) is 0 Å². The molecule has 0 aliphatic carbocycles. The molecule has 0 saturated carbocycles. The Morgan fingerprint density at radius 3 is 0.333 bits per heavy atom. The first-order valence-corrected chi connectivity index (χ1v) is 8.38. The van der Waals surface area contributed by atoms with Gasteiger partial charge in [0.15, 0.2) is 0 Å². The van der Waals surface area contributed by atoms with Gasteiger partial charge < -0.3 is 0 Å². The van der Waals surface area contributed by atoms with E-state index < -0.39 is 41.6 Å². The molecule has 0 fully saturated rings. The van der Waals surface area contributed by atoms with Crippen molar-refractivity contribution in [3.8, 4) is 0 Å². The summed E-state index contributed by atoms with van der Waals surface area (Å²) < 4.78 is 126. The molecule has 0 aromatic rings. The average Bonchev–Trinajstić information content (AvgIpc) is 1.62. The van der Waals surface area contributed by atoms with Gasteiger partial charge >= 0.3 is 71.2 Å². The van der Waals surface area contributed by atoms with Crippen LogP contribution in [0.5, 0.6) is 0 Å². The molecule has 0 aliphatic heterocycles. The molecule has 0 unspecified atom stereocenters. The maximum atomic E-state index is 8.74. The Morgan fingerprint density at radius 2 is 0.333 bits per heavy atom. The van der Waals surface area contributed by atoms with E-state index in [2.05, 4.69) is 0 Å². The van der Waals surface area contributed by atoms with Crippen molar-refractivity contribution in [2.24, 2.45) is 0 Å². The second-order valence-electron chi connectivity index (χ2n) is 1.79. The van der Waals surface area contributed by atoms with Gasteiger partial charge in [0, 0.05) is 0 Å². The molecular weight excluding hydrogens is 407 g/mol. The van der Waals surface area contributed by atoms with Crippen molar-refractivity contribution >= 4 is 71.2 Å². The second kappa shape index (κ2) is 13.0. The van der Waals surface area contributed by atoms with Gasteiger partial charge in [0.25, 0.3) is 0 Å². The van der Waals surface area contributed by atoms with E-state index in [1.165, 1.54) is 0 Å². The van der Waals surface area contributed by atoms with Crippen molar-refractivity contribution in [3.05, 3.63) is 0 Å². The summed E-state index contributed by atoms with van der Waals surface area (Å²) in [7, 11) is -18.7. The molecule has 0 heterocycles. The molecule has 8 N–H and O–H groups in total. The molecule has 16 nitrogen and oxygen atoms in total. The summed E-state index contributed by atoms with van der Waals surface area (Å²) >= 11 is 0. The maximum absolute atomic E-state index is 8.74. The van der Waals surface area contributed by atoms with Crippen LogP contribution in [0.3, 0.4) is 0 Å². The van der Waals surface area contributed by atoms with E-state index in [0.717, 1.165) is 0 Å². The van der Waals surface area contributed by atoms with E-state index in [9.17, 15) is 0 Å². The van der Waals surface area contributed by atoms with Crippen LogP contribution < -0.4 is 0 Å². The second-order valence-corrected chi connectivity index (χ2v) is 5.37. The summed E-state index contributed by atoms with van der Waals surface area (Å²) in [6.45, 7) is 0. The van der Waals surface area contributed by atoms with Crippen molar-refractivity contribution in [1.82, 2.24) is 0 Å². The number of rotatable bonds is 0. The Hall–Kier alpha value is 0.480. The number of hydrogen-bond acceptors (Lipinski definition) is 8. The molecule has 130 valence electrons. The molecule has 21 heavy (non-hydrogen) atoms. The first kappa shape index (κ1) is 33.2. The van der Waals surface area contributed by atoms with Gasteiger partial charge in [-0.15, -0.1) is 0 Å². The van der Waals surface area contributed by atoms with E-state index in [1.807, 2.05) is 0 Å². The summed E-state index contributed by atoms with van der Waals surface area (Å²) in [4.78, 5) is 0. The third-order valence-electron chi connectivity index (χ3n) is 0. The van der Waals surface area contributed by atoms with Crippen molar-refractivity contribution in [2.75, 3.05) is 0 Å². The Bertz CT molecular complexity index is 473. The van der Waals surface area contributed by atoms with Gasteiger partial charge in [-0.1, -0.05) is 0 Å². The predicted molar refractivity (Wildman–Crippen MR) is 63.9 cm³/mol. The van der Waals surface area contributed by atoms with Gasteiger partial charge in [-0.3, -0.25) is 36.4 Å². The molecule has 0 aromatic carbocycles. The van der Waals surface area contributed by atoms with Gasteiger partial charge in [-0.05, 0) is 0 Å². The topological polar surface area (TPSA) is 298 Å². The molecule has 0 rings (SSSR count). The summed E-state index contributed by atoms with van der Waals surface area (Å²) in [6.07, 6.45) is 0. The Balaban J connectivity index is -0.0000000533. The van der Waals surface area contributed by atoms with E-state index in [1.54, 1.807) is 0 Å². The van der Waals surface area contributed by atoms with Crippen molar-refractivity contribution in [3.63, 3.8) is 0 Å². The van der Waals surface area contributed by atoms with Crippen LogP contribution in [0.25, 0.3) is 0 Å². The third kappa shape index (κ3) is 30400. The van der Waals surface area contributed by atoms with Crippen molar-refractivity contribution in [1.29, 1.82) is 0 Å². The minimum absolute atomic E-state index is 0. The van der Waals surface area contributed by atoms with Crippen molar-refractivity contribution < 1.29 is 70.1 Å². The molecule has 0 aromatic heterocycles. The Kier molecular flexibility index (Phi) is 20.5. The quantitative estimate of drug-likeness (QED) is 0.142. The van der Waals surface area contributed by atoms with Gasteiger partial charge in [-0.25, -0.2) is 0 Å². The van der Waals surface area contributed by atoms with Crippen LogP contribution in [-0.4, -0.2) is 99.7 Å². The van der Waals surface area contributed by atoms with Crippen LogP contribution in [0.4, 0.5) is 0 Å². The van der Waals surface area contributed by atoms with E-state index >= 15 is 0 Å².